The summed E-state index contributed by atoms with van der Waals surface area (Å²) in [6, 6.07) is 0.675. The molecule has 1 aromatic heterocycles. The van der Waals surface area contributed by atoms with E-state index in [2.05, 4.69) is 47.9 Å². The Kier molecular flexibility index (Phi) is 3.85. The van der Waals surface area contributed by atoms with Crippen LogP contribution >= 0.6 is 0 Å². The number of rotatable bonds is 5. The van der Waals surface area contributed by atoms with Gasteiger partial charge in [0.05, 0.1) is 0 Å². The summed E-state index contributed by atoms with van der Waals surface area (Å²) >= 11 is 0. The van der Waals surface area contributed by atoms with Crippen LogP contribution in [0.3, 0.4) is 0 Å². The highest BCUT2D eigenvalue weighted by molar-refractivity contribution is 5.33. The largest absolute Gasteiger partial charge is 0.338 e. The van der Waals surface area contributed by atoms with Crippen molar-refractivity contribution < 1.29 is 0 Å². The minimum Gasteiger partial charge on any atom is -0.338 e. The lowest BCUT2D eigenvalue weighted by Gasteiger charge is -2.22. The molecule has 1 saturated carbocycles. The molecule has 0 aliphatic heterocycles. The maximum atomic E-state index is 4.49. The number of hydrogen-bond acceptors (Lipinski definition) is 4. The molecule has 2 rings (SSSR count). The number of anilines is 1. The van der Waals surface area contributed by atoms with Gasteiger partial charge in [0, 0.05) is 42.6 Å². The number of hydrogen-bond donors (Lipinski definition) is 1. The zero-order chi connectivity index (χ0) is 13.2. The standard InChI is InChI=1S/C14H24N4/c1-5-18(12-6-7-12)13-15-8-11(9-16-13)10-17-14(2,3)4/h8-9,12,17H,5-7,10H2,1-4H3. The van der Waals surface area contributed by atoms with Crippen molar-refractivity contribution in [3.63, 3.8) is 0 Å². The molecule has 0 saturated heterocycles. The van der Waals surface area contributed by atoms with Gasteiger partial charge in [0.2, 0.25) is 5.95 Å². The fourth-order valence-electron chi connectivity index (χ4n) is 1.90. The zero-order valence-electron chi connectivity index (χ0n) is 11.9. The Hall–Kier alpha value is -1.16. The van der Waals surface area contributed by atoms with E-state index in [-0.39, 0.29) is 5.54 Å². The van der Waals surface area contributed by atoms with Crippen molar-refractivity contribution in [1.29, 1.82) is 0 Å². The second kappa shape index (κ2) is 5.22. The summed E-state index contributed by atoms with van der Waals surface area (Å²) < 4.78 is 0. The van der Waals surface area contributed by atoms with Gasteiger partial charge in [0.25, 0.3) is 0 Å². The lowest BCUT2D eigenvalue weighted by molar-refractivity contribution is 0.423. The maximum Gasteiger partial charge on any atom is 0.225 e. The Bertz CT molecular complexity index is 376. The highest BCUT2D eigenvalue weighted by Crippen LogP contribution is 2.29. The first-order valence-electron chi connectivity index (χ1n) is 6.82. The second-order valence-corrected chi connectivity index (χ2v) is 6.01. The van der Waals surface area contributed by atoms with Gasteiger partial charge < -0.3 is 10.2 Å². The van der Waals surface area contributed by atoms with Crippen molar-refractivity contribution >= 4 is 5.95 Å². The van der Waals surface area contributed by atoms with E-state index in [1.165, 1.54) is 12.8 Å². The summed E-state index contributed by atoms with van der Waals surface area (Å²) in [6.07, 6.45) is 6.44. The summed E-state index contributed by atoms with van der Waals surface area (Å²) in [5.41, 5.74) is 1.27. The zero-order valence-corrected chi connectivity index (χ0v) is 11.9. The van der Waals surface area contributed by atoms with Gasteiger partial charge in [-0.05, 0) is 40.5 Å². The van der Waals surface area contributed by atoms with E-state index >= 15 is 0 Å². The lowest BCUT2D eigenvalue weighted by Crippen LogP contribution is -2.35. The van der Waals surface area contributed by atoms with Crippen molar-refractivity contribution in [3.05, 3.63) is 18.0 Å². The summed E-state index contributed by atoms with van der Waals surface area (Å²) in [5.74, 6) is 0.875. The molecule has 0 aromatic carbocycles. The predicted molar refractivity (Wildman–Crippen MR) is 74.7 cm³/mol. The SMILES string of the molecule is CCN(c1ncc(CNC(C)(C)C)cn1)C1CC1. The molecule has 100 valence electrons. The van der Waals surface area contributed by atoms with E-state index in [0.717, 1.165) is 24.6 Å². The Morgan fingerprint density at radius 2 is 1.89 bits per heavy atom. The van der Waals surface area contributed by atoms with Crippen LogP contribution in [0.1, 0.15) is 46.1 Å². The van der Waals surface area contributed by atoms with E-state index in [4.69, 9.17) is 0 Å². The van der Waals surface area contributed by atoms with Crippen LogP contribution in [-0.4, -0.2) is 28.1 Å². The van der Waals surface area contributed by atoms with Crippen LogP contribution in [0.25, 0.3) is 0 Å². The van der Waals surface area contributed by atoms with Crippen LogP contribution in [0.2, 0.25) is 0 Å². The number of nitrogens with zero attached hydrogens (tertiary/aromatic N) is 3. The van der Waals surface area contributed by atoms with Crippen molar-refractivity contribution in [2.24, 2.45) is 0 Å². The van der Waals surface area contributed by atoms with E-state index in [1.807, 2.05) is 12.4 Å². The molecule has 0 bridgehead atoms. The average molecular weight is 248 g/mol. The van der Waals surface area contributed by atoms with E-state index in [9.17, 15) is 0 Å². The van der Waals surface area contributed by atoms with Gasteiger partial charge in [-0.3, -0.25) is 0 Å². The lowest BCUT2D eigenvalue weighted by atomic mass is 10.1. The quantitative estimate of drug-likeness (QED) is 0.868. The first-order chi connectivity index (χ1) is 8.49. The molecule has 1 aromatic rings. The summed E-state index contributed by atoms with van der Waals surface area (Å²) in [6.45, 7) is 10.5. The second-order valence-electron chi connectivity index (χ2n) is 6.01. The van der Waals surface area contributed by atoms with E-state index < -0.39 is 0 Å². The molecule has 0 atom stereocenters. The van der Waals surface area contributed by atoms with Crippen LogP contribution in [0.15, 0.2) is 12.4 Å². The molecular formula is C14H24N4. The molecule has 1 heterocycles. The maximum absolute atomic E-state index is 4.49. The Morgan fingerprint density at radius 1 is 1.28 bits per heavy atom. The van der Waals surface area contributed by atoms with Gasteiger partial charge in [-0.15, -0.1) is 0 Å². The molecule has 4 nitrogen and oxygen atoms in total. The molecule has 1 aliphatic carbocycles. The van der Waals surface area contributed by atoms with Crippen LogP contribution in [0.5, 0.6) is 0 Å². The highest BCUT2D eigenvalue weighted by Gasteiger charge is 2.29. The molecule has 0 spiro atoms. The average Bonchev–Trinajstić information content (AvgIpc) is 3.12. The molecule has 4 heteroatoms. The van der Waals surface area contributed by atoms with Crippen molar-refractivity contribution in [2.45, 2.75) is 58.7 Å². The number of nitrogens with one attached hydrogen (secondary N) is 1. The monoisotopic (exact) mass is 248 g/mol. The molecule has 0 unspecified atom stereocenters. The van der Waals surface area contributed by atoms with Crippen molar-refractivity contribution in [1.82, 2.24) is 15.3 Å². The molecule has 1 fully saturated rings. The first-order valence-corrected chi connectivity index (χ1v) is 6.82. The Balaban J connectivity index is 1.96. The van der Waals surface area contributed by atoms with Crippen molar-refractivity contribution in [3.8, 4) is 0 Å². The van der Waals surface area contributed by atoms with E-state index in [1.54, 1.807) is 0 Å². The third-order valence-corrected chi connectivity index (χ3v) is 3.10. The first kappa shape index (κ1) is 13.3. The van der Waals surface area contributed by atoms with E-state index in [0.29, 0.717) is 6.04 Å². The molecule has 0 amide bonds. The molecular weight excluding hydrogens is 224 g/mol. The highest BCUT2D eigenvalue weighted by atomic mass is 15.3. The number of aromatic nitrogens is 2. The Labute approximate surface area is 110 Å². The van der Waals surface area contributed by atoms with Crippen molar-refractivity contribution in [2.75, 3.05) is 11.4 Å². The summed E-state index contributed by atoms with van der Waals surface area (Å²) in [4.78, 5) is 11.3. The Morgan fingerprint density at radius 3 is 2.33 bits per heavy atom. The van der Waals surface area contributed by atoms with Gasteiger partial charge >= 0.3 is 0 Å². The molecule has 1 N–H and O–H groups in total. The molecule has 18 heavy (non-hydrogen) atoms. The van der Waals surface area contributed by atoms with Gasteiger partial charge in [-0.2, -0.15) is 0 Å². The fraction of sp³-hybridized carbons (Fsp3) is 0.714. The summed E-state index contributed by atoms with van der Waals surface area (Å²) in [5, 5.41) is 3.44. The van der Waals surface area contributed by atoms with Crippen LogP contribution in [-0.2, 0) is 6.54 Å². The van der Waals surface area contributed by atoms with Crippen LogP contribution < -0.4 is 10.2 Å². The minimum atomic E-state index is 0.127. The van der Waals surface area contributed by atoms with Gasteiger partial charge in [0.15, 0.2) is 0 Å². The molecule has 1 aliphatic rings. The van der Waals surface area contributed by atoms with Gasteiger partial charge in [0.1, 0.15) is 0 Å². The van der Waals surface area contributed by atoms with Gasteiger partial charge in [-0.25, -0.2) is 9.97 Å². The van der Waals surface area contributed by atoms with Crippen LogP contribution in [0.4, 0.5) is 5.95 Å². The molecule has 0 radical (unpaired) electrons. The fourth-order valence-corrected chi connectivity index (χ4v) is 1.90. The predicted octanol–water partition coefficient (Wildman–Crippen LogP) is 2.35. The smallest absolute Gasteiger partial charge is 0.225 e. The van der Waals surface area contributed by atoms with Gasteiger partial charge in [-0.1, -0.05) is 0 Å². The third kappa shape index (κ3) is 3.67. The normalized spacial score (nSPS) is 15.8. The topological polar surface area (TPSA) is 41.1 Å². The minimum absolute atomic E-state index is 0.127. The van der Waals surface area contributed by atoms with Crippen LogP contribution in [0, 0.1) is 0 Å². The third-order valence-electron chi connectivity index (χ3n) is 3.10. The summed E-state index contributed by atoms with van der Waals surface area (Å²) in [7, 11) is 0.